The van der Waals surface area contributed by atoms with Gasteiger partial charge in [0.25, 0.3) is 0 Å². The first kappa shape index (κ1) is 11.2. The lowest BCUT2D eigenvalue weighted by atomic mass is 9.92. The molecule has 1 aromatic carbocycles. The summed E-state index contributed by atoms with van der Waals surface area (Å²) in [6.45, 7) is 1.01. The number of hydrogen-bond donors (Lipinski definition) is 2. The summed E-state index contributed by atoms with van der Waals surface area (Å²) in [6.07, 6.45) is 2.75. The van der Waals surface area contributed by atoms with Crippen LogP contribution in [0, 0.1) is 0 Å². The first-order valence-electron chi connectivity index (χ1n) is 6.09. The van der Waals surface area contributed by atoms with Gasteiger partial charge >= 0.3 is 5.97 Å². The van der Waals surface area contributed by atoms with Crippen LogP contribution in [-0.4, -0.2) is 29.4 Å². The van der Waals surface area contributed by atoms with Crippen LogP contribution in [0.4, 0.5) is 0 Å². The highest BCUT2D eigenvalue weighted by molar-refractivity contribution is 5.95. The molecule has 0 saturated carbocycles. The summed E-state index contributed by atoms with van der Waals surface area (Å²) < 4.78 is 10.9. The van der Waals surface area contributed by atoms with Crippen molar-refractivity contribution in [3.05, 3.63) is 16.7 Å². The average Bonchev–Trinajstić information content (AvgIpc) is 2.39. The van der Waals surface area contributed by atoms with Gasteiger partial charge < -0.3 is 19.7 Å². The van der Waals surface area contributed by atoms with E-state index in [0.29, 0.717) is 48.7 Å². The van der Waals surface area contributed by atoms with E-state index >= 15 is 0 Å². The molecule has 5 heteroatoms. The van der Waals surface area contributed by atoms with Crippen LogP contribution in [0.5, 0.6) is 17.2 Å². The van der Waals surface area contributed by atoms with Crippen LogP contribution < -0.4 is 9.47 Å². The van der Waals surface area contributed by atoms with Crippen molar-refractivity contribution in [2.24, 2.45) is 0 Å². The molecule has 2 aliphatic heterocycles. The van der Waals surface area contributed by atoms with Crippen LogP contribution in [0.25, 0.3) is 0 Å². The van der Waals surface area contributed by atoms with Gasteiger partial charge in [0.15, 0.2) is 11.5 Å². The van der Waals surface area contributed by atoms with Gasteiger partial charge in [0.2, 0.25) is 0 Å². The second kappa shape index (κ2) is 4.08. The predicted molar refractivity (Wildman–Crippen MR) is 62.7 cm³/mol. The van der Waals surface area contributed by atoms with Crippen molar-refractivity contribution >= 4 is 5.97 Å². The largest absolute Gasteiger partial charge is 0.504 e. The number of carboxylic acids is 1. The zero-order valence-corrected chi connectivity index (χ0v) is 9.86. The number of phenolic OH excluding ortho intramolecular Hbond substituents is 1. The van der Waals surface area contributed by atoms with E-state index in [1.54, 1.807) is 0 Å². The molecule has 0 aromatic heterocycles. The maximum absolute atomic E-state index is 11.4. The Morgan fingerprint density at radius 2 is 1.61 bits per heavy atom. The molecule has 0 fully saturated rings. The van der Waals surface area contributed by atoms with Crippen LogP contribution in [-0.2, 0) is 12.8 Å². The number of carboxylic acid groups (broad SMARTS) is 1. The van der Waals surface area contributed by atoms with Crippen molar-refractivity contribution in [3.8, 4) is 17.2 Å². The summed E-state index contributed by atoms with van der Waals surface area (Å²) in [7, 11) is 0. The SMILES string of the molecule is O=C(O)c1c2c(c(O)c3c1OCCC3)OCCC2. The summed E-state index contributed by atoms with van der Waals surface area (Å²) in [5.74, 6) is -0.294. The second-order valence-corrected chi connectivity index (χ2v) is 4.55. The van der Waals surface area contributed by atoms with Gasteiger partial charge in [-0.3, -0.25) is 0 Å². The van der Waals surface area contributed by atoms with Crippen molar-refractivity contribution in [2.75, 3.05) is 13.2 Å². The fourth-order valence-corrected chi connectivity index (χ4v) is 2.65. The van der Waals surface area contributed by atoms with Gasteiger partial charge in [0, 0.05) is 11.1 Å². The highest BCUT2D eigenvalue weighted by Gasteiger charge is 2.32. The molecule has 3 rings (SSSR count). The second-order valence-electron chi connectivity index (χ2n) is 4.55. The van der Waals surface area contributed by atoms with Crippen molar-refractivity contribution in [3.63, 3.8) is 0 Å². The molecule has 0 aliphatic carbocycles. The summed E-state index contributed by atoms with van der Waals surface area (Å²) in [5, 5.41) is 19.6. The molecule has 0 bridgehead atoms. The lowest BCUT2D eigenvalue weighted by Gasteiger charge is -2.27. The first-order valence-corrected chi connectivity index (χ1v) is 6.09. The molecule has 0 radical (unpaired) electrons. The molecule has 2 aliphatic rings. The van der Waals surface area contributed by atoms with Crippen molar-refractivity contribution in [1.82, 2.24) is 0 Å². The summed E-state index contributed by atoms with van der Waals surface area (Å²) in [6, 6.07) is 0. The average molecular weight is 250 g/mol. The number of ether oxygens (including phenoxy) is 2. The fraction of sp³-hybridized carbons (Fsp3) is 0.462. The van der Waals surface area contributed by atoms with Gasteiger partial charge in [-0.25, -0.2) is 4.79 Å². The van der Waals surface area contributed by atoms with Crippen LogP contribution in [0.15, 0.2) is 0 Å². The van der Waals surface area contributed by atoms with Crippen LogP contribution >= 0.6 is 0 Å². The zero-order valence-electron chi connectivity index (χ0n) is 9.86. The van der Waals surface area contributed by atoms with Crippen molar-refractivity contribution in [2.45, 2.75) is 25.7 Å². The van der Waals surface area contributed by atoms with E-state index in [2.05, 4.69) is 0 Å². The fourth-order valence-electron chi connectivity index (χ4n) is 2.65. The summed E-state index contributed by atoms with van der Waals surface area (Å²) >= 11 is 0. The Kier molecular flexibility index (Phi) is 2.54. The van der Waals surface area contributed by atoms with Gasteiger partial charge in [0.05, 0.1) is 13.2 Å². The van der Waals surface area contributed by atoms with E-state index in [9.17, 15) is 15.0 Å². The van der Waals surface area contributed by atoms with Gasteiger partial charge in [0.1, 0.15) is 11.3 Å². The van der Waals surface area contributed by atoms with E-state index < -0.39 is 5.97 Å². The molecule has 1 aromatic rings. The van der Waals surface area contributed by atoms with E-state index in [1.807, 2.05) is 0 Å². The molecular weight excluding hydrogens is 236 g/mol. The molecule has 0 unspecified atom stereocenters. The Labute approximate surface area is 104 Å². The molecule has 5 nitrogen and oxygen atoms in total. The van der Waals surface area contributed by atoms with Gasteiger partial charge in [-0.2, -0.15) is 0 Å². The minimum Gasteiger partial charge on any atom is -0.504 e. The van der Waals surface area contributed by atoms with E-state index in [4.69, 9.17) is 9.47 Å². The molecule has 2 N–H and O–H groups in total. The summed E-state index contributed by atoms with van der Waals surface area (Å²) in [5.41, 5.74) is 1.29. The predicted octanol–water partition coefficient (Wildman–Crippen LogP) is 1.74. The molecule has 18 heavy (non-hydrogen) atoms. The van der Waals surface area contributed by atoms with Crippen LogP contribution in [0.1, 0.15) is 34.3 Å². The van der Waals surface area contributed by atoms with Gasteiger partial charge in [-0.05, 0) is 25.7 Å². The number of phenols is 1. The maximum atomic E-state index is 11.4. The number of fused-ring (bicyclic) bond motifs is 2. The molecule has 2 heterocycles. The molecular formula is C13H14O5. The quantitative estimate of drug-likeness (QED) is 0.794. The smallest absolute Gasteiger partial charge is 0.339 e. The number of carbonyl (C=O) groups is 1. The zero-order chi connectivity index (χ0) is 12.7. The van der Waals surface area contributed by atoms with E-state index in [-0.39, 0.29) is 11.3 Å². The van der Waals surface area contributed by atoms with Crippen molar-refractivity contribution < 1.29 is 24.5 Å². The topological polar surface area (TPSA) is 76.0 Å². The van der Waals surface area contributed by atoms with E-state index in [0.717, 1.165) is 12.8 Å². The Morgan fingerprint density at radius 3 is 2.28 bits per heavy atom. The molecule has 0 saturated heterocycles. The Hall–Kier alpha value is -1.91. The standard InChI is InChI=1S/C13H14O5/c14-10-8-4-2-5-17-11(8)9(13(15)16)7-3-1-6-18-12(7)10/h14H,1-6H2,(H,15,16). The molecule has 0 atom stereocenters. The molecule has 0 amide bonds. The first-order chi connectivity index (χ1) is 8.70. The van der Waals surface area contributed by atoms with Crippen LogP contribution in [0.3, 0.4) is 0 Å². The highest BCUT2D eigenvalue weighted by atomic mass is 16.5. The minimum absolute atomic E-state index is 0.0596. The highest BCUT2D eigenvalue weighted by Crippen LogP contribution is 2.47. The van der Waals surface area contributed by atoms with Crippen LogP contribution in [0.2, 0.25) is 0 Å². The number of benzene rings is 1. The normalized spacial score (nSPS) is 17.1. The van der Waals surface area contributed by atoms with E-state index in [1.165, 1.54) is 0 Å². The number of rotatable bonds is 1. The number of aromatic carboxylic acids is 1. The Balaban J connectivity index is 2.31. The maximum Gasteiger partial charge on any atom is 0.339 e. The third kappa shape index (κ3) is 1.50. The lowest BCUT2D eigenvalue weighted by Crippen LogP contribution is -2.19. The molecule has 0 spiro atoms. The van der Waals surface area contributed by atoms with Gasteiger partial charge in [-0.15, -0.1) is 0 Å². The number of hydrogen-bond acceptors (Lipinski definition) is 4. The third-order valence-corrected chi connectivity index (χ3v) is 3.43. The number of aromatic hydroxyl groups is 1. The minimum atomic E-state index is -1.02. The summed E-state index contributed by atoms with van der Waals surface area (Å²) in [4.78, 5) is 11.4. The van der Waals surface area contributed by atoms with Gasteiger partial charge in [-0.1, -0.05) is 0 Å². The Morgan fingerprint density at radius 1 is 1.00 bits per heavy atom. The lowest BCUT2D eigenvalue weighted by molar-refractivity contribution is 0.0688. The third-order valence-electron chi connectivity index (χ3n) is 3.43. The monoisotopic (exact) mass is 250 g/mol. The molecule has 96 valence electrons. The van der Waals surface area contributed by atoms with Crippen molar-refractivity contribution in [1.29, 1.82) is 0 Å². The Bertz CT molecular complexity index is 484.